The summed E-state index contributed by atoms with van der Waals surface area (Å²) in [6.07, 6.45) is 7.80. The van der Waals surface area contributed by atoms with Gasteiger partial charge in [-0.3, -0.25) is 9.59 Å². The summed E-state index contributed by atoms with van der Waals surface area (Å²) in [4.78, 5) is 27.7. The Morgan fingerprint density at radius 3 is 2.52 bits per heavy atom. The monoisotopic (exact) mass is 348 g/mol. The molecule has 2 saturated carbocycles. The van der Waals surface area contributed by atoms with Crippen LogP contribution in [-0.4, -0.2) is 49.1 Å². The number of fused-ring (bicyclic) bond motifs is 1. The van der Waals surface area contributed by atoms with Crippen molar-refractivity contribution >= 4 is 11.8 Å². The number of likely N-dealkylation sites (tertiary alicyclic amines) is 1. The highest BCUT2D eigenvalue weighted by atomic mass is 16.5. The molecule has 2 amide bonds. The third kappa shape index (κ3) is 3.86. The van der Waals surface area contributed by atoms with Crippen LogP contribution in [0.4, 0.5) is 0 Å². The maximum Gasteiger partial charge on any atom is 0.225 e. The van der Waals surface area contributed by atoms with E-state index in [2.05, 4.69) is 12.2 Å². The predicted octanol–water partition coefficient (Wildman–Crippen LogP) is 2.20. The van der Waals surface area contributed by atoms with Gasteiger partial charge >= 0.3 is 0 Å². The van der Waals surface area contributed by atoms with Gasteiger partial charge in [-0.05, 0) is 56.8 Å². The SMILES string of the molecule is CC1CCC(C(=O)N2C[C@H]3OCC[C@H]3[C@H](C(=O)NCC3CC3)C2)CC1. The lowest BCUT2D eigenvalue weighted by molar-refractivity contribution is -0.146. The van der Waals surface area contributed by atoms with Gasteiger partial charge in [0.2, 0.25) is 11.8 Å². The summed E-state index contributed by atoms with van der Waals surface area (Å²) < 4.78 is 5.89. The van der Waals surface area contributed by atoms with Gasteiger partial charge in [0.05, 0.1) is 12.0 Å². The van der Waals surface area contributed by atoms with E-state index in [1.54, 1.807) is 0 Å². The van der Waals surface area contributed by atoms with Gasteiger partial charge in [0.15, 0.2) is 0 Å². The van der Waals surface area contributed by atoms with E-state index >= 15 is 0 Å². The number of carbonyl (C=O) groups is 2. The van der Waals surface area contributed by atoms with E-state index in [4.69, 9.17) is 4.74 Å². The van der Waals surface area contributed by atoms with Gasteiger partial charge in [0.25, 0.3) is 0 Å². The van der Waals surface area contributed by atoms with Crippen molar-refractivity contribution in [1.29, 1.82) is 0 Å². The molecule has 0 spiro atoms. The zero-order valence-corrected chi connectivity index (χ0v) is 15.4. The molecule has 2 aliphatic carbocycles. The van der Waals surface area contributed by atoms with E-state index in [-0.39, 0.29) is 35.7 Å². The summed E-state index contributed by atoms with van der Waals surface area (Å²) in [7, 11) is 0. The maximum atomic E-state index is 13.0. The van der Waals surface area contributed by atoms with Crippen LogP contribution < -0.4 is 5.32 Å². The highest BCUT2D eigenvalue weighted by Crippen LogP contribution is 2.36. The first-order valence-corrected chi connectivity index (χ1v) is 10.3. The van der Waals surface area contributed by atoms with E-state index in [1.807, 2.05) is 4.90 Å². The van der Waals surface area contributed by atoms with Gasteiger partial charge in [0, 0.05) is 38.1 Å². The molecule has 2 aliphatic heterocycles. The summed E-state index contributed by atoms with van der Waals surface area (Å²) >= 11 is 0. The van der Waals surface area contributed by atoms with E-state index in [9.17, 15) is 9.59 Å². The molecule has 5 nitrogen and oxygen atoms in total. The molecule has 4 aliphatic rings. The number of nitrogens with one attached hydrogen (secondary N) is 1. The van der Waals surface area contributed by atoms with Crippen molar-refractivity contribution in [2.24, 2.45) is 29.6 Å². The standard InChI is InChI=1S/C20H32N2O3/c1-13-2-6-15(7-3-13)20(24)22-11-17(16-8-9-25-18(16)12-22)19(23)21-10-14-4-5-14/h13-18H,2-12H2,1H3,(H,21,23)/t13?,15?,16-,17+,18+/m0/s1. The number of amides is 2. The molecule has 25 heavy (non-hydrogen) atoms. The van der Waals surface area contributed by atoms with Crippen molar-refractivity contribution in [1.82, 2.24) is 10.2 Å². The number of piperidine rings is 1. The normalized spacial score (nSPS) is 38.3. The molecule has 4 rings (SSSR count). The van der Waals surface area contributed by atoms with Crippen molar-refractivity contribution < 1.29 is 14.3 Å². The van der Waals surface area contributed by atoms with Crippen molar-refractivity contribution in [3.63, 3.8) is 0 Å². The first-order valence-electron chi connectivity index (χ1n) is 10.3. The Hall–Kier alpha value is -1.10. The lowest BCUT2D eigenvalue weighted by atomic mass is 9.79. The Balaban J connectivity index is 1.40. The number of carbonyl (C=O) groups excluding carboxylic acids is 2. The summed E-state index contributed by atoms with van der Waals surface area (Å²) in [6.45, 7) is 5.08. The molecular formula is C20H32N2O3. The lowest BCUT2D eigenvalue weighted by Crippen LogP contribution is -2.55. The molecule has 2 heterocycles. The van der Waals surface area contributed by atoms with Crippen molar-refractivity contribution in [3.8, 4) is 0 Å². The molecule has 1 N–H and O–H groups in total. The summed E-state index contributed by atoms with van der Waals surface area (Å²) in [5.41, 5.74) is 0. The van der Waals surface area contributed by atoms with E-state index in [0.29, 0.717) is 19.0 Å². The molecule has 140 valence electrons. The van der Waals surface area contributed by atoms with Crippen LogP contribution in [0.5, 0.6) is 0 Å². The highest BCUT2D eigenvalue weighted by molar-refractivity contribution is 5.83. The molecule has 0 aromatic rings. The Kier molecular flexibility index (Phi) is 5.03. The van der Waals surface area contributed by atoms with Crippen LogP contribution in [0.15, 0.2) is 0 Å². The smallest absolute Gasteiger partial charge is 0.225 e. The first kappa shape index (κ1) is 17.3. The van der Waals surface area contributed by atoms with E-state index < -0.39 is 0 Å². The fourth-order valence-electron chi connectivity index (χ4n) is 4.90. The largest absolute Gasteiger partial charge is 0.376 e. The van der Waals surface area contributed by atoms with E-state index in [1.165, 1.54) is 12.8 Å². The fraction of sp³-hybridized carbons (Fsp3) is 0.900. The average molecular weight is 348 g/mol. The third-order valence-electron chi connectivity index (χ3n) is 6.87. The van der Waals surface area contributed by atoms with Crippen LogP contribution in [-0.2, 0) is 14.3 Å². The molecular weight excluding hydrogens is 316 g/mol. The second-order valence-corrected chi connectivity index (χ2v) is 8.86. The molecule has 2 saturated heterocycles. The summed E-state index contributed by atoms with van der Waals surface area (Å²) in [5.74, 6) is 2.19. The molecule has 3 atom stereocenters. The third-order valence-corrected chi connectivity index (χ3v) is 6.87. The minimum absolute atomic E-state index is 0.0527. The van der Waals surface area contributed by atoms with Gasteiger partial charge in [0.1, 0.15) is 0 Å². The van der Waals surface area contributed by atoms with Crippen LogP contribution in [0.2, 0.25) is 0 Å². The Bertz CT molecular complexity index is 511. The lowest BCUT2D eigenvalue weighted by Gasteiger charge is -2.41. The Morgan fingerprint density at radius 2 is 1.80 bits per heavy atom. The molecule has 0 unspecified atom stereocenters. The van der Waals surface area contributed by atoms with Crippen molar-refractivity contribution in [2.75, 3.05) is 26.2 Å². The quantitative estimate of drug-likeness (QED) is 0.847. The van der Waals surface area contributed by atoms with Crippen LogP contribution >= 0.6 is 0 Å². The second kappa shape index (κ2) is 7.26. The number of nitrogens with zero attached hydrogens (tertiary/aromatic N) is 1. The summed E-state index contributed by atoms with van der Waals surface area (Å²) in [6, 6.07) is 0. The fourth-order valence-corrected chi connectivity index (χ4v) is 4.90. The number of ether oxygens (including phenoxy) is 1. The second-order valence-electron chi connectivity index (χ2n) is 8.86. The Labute approximate surface area is 150 Å². The van der Waals surface area contributed by atoms with Gasteiger partial charge < -0.3 is 15.0 Å². The van der Waals surface area contributed by atoms with Gasteiger partial charge in [-0.15, -0.1) is 0 Å². The molecule has 0 aromatic carbocycles. The number of rotatable bonds is 4. The molecule has 5 heteroatoms. The highest BCUT2D eigenvalue weighted by Gasteiger charge is 2.46. The minimum atomic E-state index is -0.0912. The maximum absolute atomic E-state index is 13.0. The number of hydrogen-bond acceptors (Lipinski definition) is 3. The van der Waals surface area contributed by atoms with Gasteiger partial charge in [-0.1, -0.05) is 6.92 Å². The summed E-state index contributed by atoms with van der Waals surface area (Å²) in [5, 5.41) is 3.14. The van der Waals surface area contributed by atoms with Crippen LogP contribution in [0, 0.1) is 29.6 Å². The topological polar surface area (TPSA) is 58.6 Å². The zero-order valence-electron chi connectivity index (χ0n) is 15.4. The van der Waals surface area contributed by atoms with E-state index in [0.717, 1.165) is 51.2 Å². The van der Waals surface area contributed by atoms with Crippen LogP contribution in [0.3, 0.4) is 0 Å². The molecule has 4 fully saturated rings. The Morgan fingerprint density at radius 1 is 1.04 bits per heavy atom. The van der Waals surface area contributed by atoms with Crippen molar-refractivity contribution in [2.45, 2.75) is 58.0 Å². The van der Waals surface area contributed by atoms with Gasteiger partial charge in [-0.2, -0.15) is 0 Å². The predicted molar refractivity (Wildman–Crippen MR) is 94.8 cm³/mol. The first-order chi connectivity index (χ1) is 12.1. The van der Waals surface area contributed by atoms with Gasteiger partial charge in [-0.25, -0.2) is 0 Å². The molecule has 0 aromatic heterocycles. The van der Waals surface area contributed by atoms with Crippen molar-refractivity contribution in [3.05, 3.63) is 0 Å². The van der Waals surface area contributed by atoms with Crippen LogP contribution in [0.25, 0.3) is 0 Å². The number of hydrogen-bond donors (Lipinski definition) is 1. The minimum Gasteiger partial charge on any atom is -0.376 e. The molecule has 0 radical (unpaired) electrons. The zero-order chi connectivity index (χ0) is 17.4. The van der Waals surface area contributed by atoms with Crippen LogP contribution in [0.1, 0.15) is 51.9 Å². The average Bonchev–Trinajstić information content (AvgIpc) is 3.33. The molecule has 0 bridgehead atoms.